The number of rotatable bonds is 21. The average Bonchev–Trinajstić information content (AvgIpc) is 3.50. The summed E-state index contributed by atoms with van der Waals surface area (Å²) >= 11 is 0. The van der Waals surface area contributed by atoms with Crippen molar-refractivity contribution in [2.45, 2.75) is 147 Å². The molecular formula is C42H63N3O10. The molecule has 1 heterocycles. The summed E-state index contributed by atoms with van der Waals surface area (Å²) in [6.45, 7) is 9.22. The molecule has 13 heteroatoms. The van der Waals surface area contributed by atoms with Crippen LogP contribution >= 0.6 is 0 Å². The summed E-state index contributed by atoms with van der Waals surface area (Å²) in [6.07, 6.45) is 10.2. The molecule has 306 valence electrons. The molecule has 1 fully saturated rings. The Balaban J connectivity index is 1.73. The molecule has 1 aromatic carbocycles. The minimum atomic E-state index is -0.874. The van der Waals surface area contributed by atoms with Gasteiger partial charge in [0.05, 0.1) is 18.2 Å². The molecule has 0 radical (unpaired) electrons. The fourth-order valence-electron chi connectivity index (χ4n) is 6.49. The zero-order valence-electron chi connectivity index (χ0n) is 33.8. The van der Waals surface area contributed by atoms with E-state index in [1.807, 2.05) is 0 Å². The number of aliphatic hydroxyl groups is 1. The number of fused-ring (bicyclic) bond motifs is 1. The van der Waals surface area contributed by atoms with Crippen molar-refractivity contribution in [3.8, 4) is 0 Å². The van der Waals surface area contributed by atoms with Gasteiger partial charge in [0.1, 0.15) is 23.9 Å². The minimum absolute atomic E-state index is 0.0107. The Labute approximate surface area is 326 Å². The second-order valence-electron chi connectivity index (χ2n) is 15.6. The van der Waals surface area contributed by atoms with Crippen LogP contribution < -0.4 is 10.6 Å². The van der Waals surface area contributed by atoms with Crippen LogP contribution in [0.5, 0.6) is 0 Å². The van der Waals surface area contributed by atoms with Crippen molar-refractivity contribution in [3.05, 3.63) is 53.1 Å². The van der Waals surface area contributed by atoms with Crippen molar-refractivity contribution in [2.24, 2.45) is 0 Å². The van der Waals surface area contributed by atoms with Crippen LogP contribution in [0.1, 0.15) is 128 Å². The van der Waals surface area contributed by atoms with Crippen LogP contribution in [0.15, 0.2) is 42.0 Å². The minimum Gasteiger partial charge on any atom is -0.460 e. The van der Waals surface area contributed by atoms with Gasteiger partial charge in [0.25, 0.3) is 0 Å². The number of ether oxygens (including phenoxy) is 4. The first-order valence-corrected chi connectivity index (χ1v) is 19.8. The Bertz CT molecular complexity index is 1500. The standard InChI is InChI=1S/C42H63N3O10/c1-8-10-12-22-42(23-13-11-9-2)53-34-27-31(39(50)43-24-21-35(47)44-32(28-46)18-20-37(49)54-41(3,4)5)26-33(38(34)55-42)52-40(51)30-16-14-15-29(25-30)17-19-36(48)45(6)7/h14-17,19,25,27,32-34,38,46H,8-13,18,20-24,26,28H2,1-7H3,(H,43,50)(H,44,47)/t32-,33+,34+,38-/m0/s1. The van der Waals surface area contributed by atoms with Crippen molar-refractivity contribution >= 4 is 35.7 Å². The van der Waals surface area contributed by atoms with Crippen molar-refractivity contribution < 1.29 is 48.0 Å². The summed E-state index contributed by atoms with van der Waals surface area (Å²) < 4.78 is 24.8. The molecule has 4 atom stereocenters. The third kappa shape index (κ3) is 15.2. The van der Waals surface area contributed by atoms with Crippen molar-refractivity contribution in [1.82, 2.24) is 15.5 Å². The maximum Gasteiger partial charge on any atom is 0.338 e. The van der Waals surface area contributed by atoms with Crippen LogP contribution in [0, 0.1) is 0 Å². The van der Waals surface area contributed by atoms with Gasteiger partial charge < -0.3 is 39.6 Å². The molecule has 1 aromatic rings. The van der Waals surface area contributed by atoms with E-state index in [2.05, 4.69) is 24.5 Å². The summed E-state index contributed by atoms with van der Waals surface area (Å²) in [4.78, 5) is 65.5. The number of likely N-dealkylation sites (N-methyl/N-ethyl adjacent to an activating group) is 1. The predicted molar refractivity (Wildman–Crippen MR) is 209 cm³/mol. The molecule has 1 aliphatic heterocycles. The first kappa shape index (κ1) is 45.3. The number of nitrogens with zero attached hydrogens (tertiary/aromatic N) is 1. The van der Waals surface area contributed by atoms with Crippen LogP contribution in [-0.4, -0.2) is 103 Å². The second kappa shape index (κ2) is 21.9. The zero-order chi connectivity index (χ0) is 40.6. The highest BCUT2D eigenvalue weighted by molar-refractivity contribution is 5.95. The number of hydrogen-bond acceptors (Lipinski definition) is 10. The SMILES string of the molecule is CCCCCC1(CCCCC)O[C@@H]2[C@@H](C=C(C(=O)NCCC(=O)N[C@H](CO)CCC(=O)OC(C)(C)C)C[C@H]2OC(=O)c2cccc(C=CC(=O)N(C)C)c2)O1. The topological polar surface area (TPSA) is 170 Å². The van der Waals surface area contributed by atoms with Crippen molar-refractivity contribution in [1.29, 1.82) is 0 Å². The van der Waals surface area contributed by atoms with E-state index in [1.54, 1.807) is 71.3 Å². The summed E-state index contributed by atoms with van der Waals surface area (Å²) in [7, 11) is 3.31. The second-order valence-corrected chi connectivity index (χ2v) is 15.6. The number of hydrogen-bond donors (Lipinski definition) is 3. The Hall–Kier alpha value is -4.07. The van der Waals surface area contributed by atoms with Crippen LogP contribution in [0.25, 0.3) is 6.08 Å². The number of amides is 3. The molecule has 0 bridgehead atoms. The van der Waals surface area contributed by atoms with E-state index < -0.39 is 59.5 Å². The molecule has 0 unspecified atom stereocenters. The smallest absolute Gasteiger partial charge is 0.338 e. The molecule has 2 aliphatic rings. The van der Waals surface area contributed by atoms with Crippen LogP contribution in [0.3, 0.4) is 0 Å². The third-order valence-corrected chi connectivity index (χ3v) is 9.37. The third-order valence-electron chi connectivity index (χ3n) is 9.37. The van der Waals surface area contributed by atoms with Crippen LogP contribution in [0.4, 0.5) is 0 Å². The van der Waals surface area contributed by atoms with Gasteiger partial charge in [-0.2, -0.15) is 0 Å². The first-order chi connectivity index (χ1) is 26.1. The van der Waals surface area contributed by atoms with Crippen molar-refractivity contribution in [2.75, 3.05) is 27.2 Å². The Morgan fingerprint density at radius 3 is 2.33 bits per heavy atom. The van der Waals surface area contributed by atoms with E-state index in [-0.39, 0.29) is 50.3 Å². The van der Waals surface area contributed by atoms with Gasteiger partial charge in [-0.05, 0) is 69.9 Å². The molecule has 55 heavy (non-hydrogen) atoms. The lowest BCUT2D eigenvalue weighted by molar-refractivity contribution is -0.190. The number of esters is 2. The number of nitrogens with one attached hydrogen (secondary N) is 2. The van der Waals surface area contributed by atoms with Gasteiger partial charge in [-0.1, -0.05) is 51.7 Å². The van der Waals surface area contributed by atoms with Gasteiger partial charge in [0.15, 0.2) is 5.79 Å². The largest absolute Gasteiger partial charge is 0.460 e. The van der Waals surface area contributed by atoms with E-state index in [1.165, 1.54) is 11.0 Å². The first-order valence-electron chi connectivity index (χ1n) is 19.8. The Morgan fingerprint density at radius 2 is 1.71 bits per heavy atom. The normalized spacial score (nSPS) is 19.6. The van der Waals surface area contributed by atoms with E-state index >= 15 is 0 Å². The van der Waals surface area contributed by atoms with E-state index in [0.29, 0.717) is 24.0 Å². The zero-order valence-corrected chi connectivity index (χ0v) is 33.8. The number of carbonyl (C=O) groups excluding carboxylic acids is 5. The molecule has 1 saturated heterocycles. The number of unbranched alkanes of at least 4 members (excludes halogenated alkanes) is 4. The van der Waals surface area contributed by atoms with Crippen LogP contribution in [0.2, 0.25) is 0 Å². The molecular weight excluding hydrogens is 706 g/mol. The number of benzene rings is 1. The van der Waals surface area contributed by atoms with Gasteiger partial charge in [-0.3, -0.25) is 19.2 Å². The molecule has 3 N–H and O–H groups in total. The average molecular weight is 770 g/mol. The quantitative estimate of drug-likeness (QED) is 0.0838. The summed E-state index contributed by atoms with van der Waals surface area (Å²) in [6, 6.07) is 6.12. The monoisotopic (exact) mass is 769 g/mol. The van der Waals surface area contributed by atoms with Gasteiger partial charge in [0, 0.05) is 64.4 Å². The van der Waals surface area contributed by atoms with Gasteiger partial charge >= 0.3 is 11.9 Å². The molecule has 0 spiro atoms. The maximum atomic E-state index is 13.6. The molecule has 3 amide bonds. The van der Waals surface area contributed by atoms with Gasteiger partial charge in [-0.15, -0.1) is 0 Å². The lowest BCUT2D eigenvalue weighted by Crippen LogP contribution is -2.44. The van der Waals surface area contributed by atoms with Crippen molar-refractivity contribution in [3.63, 3.8) is 0 Å². The van der Waals surface area contributed by atoms with Gasteiger partial charge in [0.2, 0.25) is 17.7 Å². The Morgan fingerprint density at radius 1 is 1.02 bits per heavy atom. The van der Waals surface area contributed by atoms with Crippen LogP contribution in [-0.2, 0) is 38.1 Å². The fraction of sp³-hybridized carbons (Fsp3) is 0.643. The highest BCUT2D eigenvalue weighted by Gasteiger charge is 2.52. The summed E-state index contributed by atoms with van der Waals surface area (Å²) in [5.74, 6) is -2.90. The summed E-state index contributed by atoms with van der Waals surface area (Å²) in [5.41, 5.74) is 0.650. The number of carbonyl (C=O) groups is 5. The predicted octanol–water partition coefficient (Wildman–Crippen LogP) is 5.39. The molecule has 3 rings (SSSR count). The highest BCUT2D eigenvalue weighted by Crippen LogP contribution is 2.43. The lowest BCUT2D eigenvalue weighted by atomic mass is 9.91. The fourth-order valence-corrected chi connectivity index (χ4v) is 6.49. The molecule has 13 nitrogen and oxygen atoms in total. The highest BCUT2D eigenvalue weighted by atomic mass is 16.8. The summed E-state index contributed by atoms with van der Waals surface area (Å²) in [5, 5.41) is 15.3. The number of aliphatic hydroxyl groups excluding tert-OH is 1. The van der Waals surface area contributed by atoms with E-state index in [4.69, 9.17) is 18.9 Å². The van der Waals surface area contributed by atoms with Gasteiger partial charge in [-0.25, -0.2) is 4.79 Å². The van der Waals surface area contributed by atoms with E-state index in [0.717, 1.165) is 38.5 Å². The molecule has 0 saturated carbocycles. The molecule has 0 aromatic heterocycles. The molecule has 1 aliphatic carbocycles. The Kier molecular flexibility index (Phi) is 18.0. The maximum absolute atomic E-state index is 13.6. The lowest BCUT2D eigenvalue weighted by Gasteiger charge is -2.31. The van der Waals surface area contributed by atoms with E-state index in [9.17, 15) is 29.1 Å².